The van der Waals surface area contributed by atoms with Crippen molar-refractivity contribution in [1.29, 1.82) is 0 Å². The first-order valence-corrected chi connectivity index (χ1v) is 6.74. The quantitative estimate of drug-likeness (QED) is 0.728. The zero-order valence-corrected chi connectivity index (χ0v) is 11.6. The van der Waals surface area contributed by atoms with Crippen molar-refractivity contribution in [2.75, 3.05) is 18.4 Å². The van der Waals surface area contributed by atoms with Gasteiger partial charge in [-0.05, 0) is 36.6 Å². The van der Waals surface area contributed by atoms with Crippen molar-refractivity contribution in [1.82, 2.24) is 5.32 Å². The summed E-state index contributed by atoms with van der Waals surface area (Å²) in [5.41, 5.74) is 2.16. The van der Waals surface area contributed by atoms with Gasteiger partial charge < -0.3 is 10.6 Å². The molecule has 0 unspecified atom stereocenters. The van der Waals surface area contributed by atoms with E-state index in [0.29, 0.717) is 12.3 Å². The first-order chi connectivity index (χ1) is 8.63. The van der Waals surface area contributed by atoms with Crippen LogP contribution in [0.4, 0.5) is 5.69 Å². The predicted octanol–water partition coefficient (Wildman–Crippen LogP) is 3.14. The van der Waals surface area contributed by atoms with E-state index in [9.17, 15) is 4.79 Å². The van der Waals surface area contributed by atoms with Gasteiger partial charge in [0.1, 0.15) is 0 Å². The van der Waals surface area contributed by atoms with Gasteiger partial charge in [0.25, 0.3) is 0 Å². The first-order valence-electron chi connectivity index (χ1n) is 6.74. The van der Waals surface area contributed by atoms with Crippen molar-refractivity contribution in [3.63, 3.8) is 0 Å². The molecule has 1 aromatic carbocycles. The molecule has 0 aliphatic heterocycles. The van der Waals surface area contributed by atoms with Crippen LogP contribution in [0, 0.1) is 0 Å². The molecule has 1 aromatic rings. The Hall–Kier alpha value is -1.35. The molecule has 3 heteroatoms. The van der Waals surface area contributed by atoms with Gasteiger partial charge in [0.15, 0.2) is 0 Å². The van der Waals surface area contributed by atoms with Crippen LogP contribution >= 0.6 is 0 Å². The zero-order valence-electron chi connectivity index (χ0n) is 11.6. The lowest BCUT2D eigenvalue weighted by Crippen LogP contribution is -2.22. The maximum atomic E-state index is 11.6. The monoisotopic (exact) mass is 248 g/mol. The van der Waals surface area contributed by atoms with E-state index in [1.54, 1.807) is 0 Å². The molecule has 0 aliphatic carbocycles. The summed E-state index contributed by atoms with van der Waals surface area (Å²) in [7, 11) is 0. The number of benzene rings is 1. The van der Waals surface area contributed by atoms with Crippen molar-refractivity contribution < 1.29 is 4.79 Å². The van der Waals surface area contributed by atoms with Gasteiger partial charge >= 0.3 is 0 Å². The minimum atomic E-state index is 0.0656. The Balaban J connectivity index is 2.35. The summed E-state index contributed by atoms with van der Waals surface area (Å²) in [5, 5.41) is 6.12. The highest BCUT2D eigenvalue weighted by Crippen LogP contribution is 2.17. The van der Waals surface area contributed by atoms with Gasteiger partial charge in [-0.15, -0.1) is 0 Å². The van der Waals surface area contributed by atoms with Crippen molar-refractivity contribution in [3.05, 3.63) is 29.8 Å². The van der Waals surface area contributed by atoms with Crippen molar-refractivity contribution in [3.8, 4) is 0 Å². The largest absolute Gasteiger partial charge is 0.326 e. The molecule has 0 aliphatic rings. The summed E-state index contributed by atoms with van der Waals surface area (Å²) >= 11 is 0. The fourth-order valence-electron chi connectivity index (χ4n) is 1.68. The summed E-state index contributed by atoms with van der Waals surface area (Å²) in [6.07, 6.45) is 1.62. The summed E-state index contributed by atoms with van der Waals surface area (Å²) < 4.78 is 0. The fourth-order valence-corrected chi connectivity index (χ4v) is 1.68. The van der Waals surface area contributed by atoms with E-state index in [-0.39, 0.29) is 5.91 Å². The Kier molecular flexibility index (Phi) is 6.44. The smallest absolute Gasteiger partial charge is 0.225 e. The molecule has 0 heterocycles. The van der Waals surface area contributed by atoms with Crippen molar-refractivity contribution in [2.24, 2.45) is 0 Å². The number of hydrogen-bond acceptors (Lipinski definition) is 2. The van der Waals surface area contributed by atoms with Gasteiger partial charge in [-0.25, -0.2) is 0 Å². The first kappa shape index (κ1) is 14.7. The third kappa shape index (κ3) is 5.32. The molecule has 2 N–H and O–H groups in total. The molecule has 0 atom stereocenters. The molecule has 0 radical (unpaired) electrons. The Morgan fingerprint density at radius 2 is 1.83 bits per heavy atom. The van der Waals surface area contributed by atoms with Crippen LogP contribution in [0.15, 0.2) is 24.3 Å². The number of rotatable bonds is 7. The molecule has 1 amide bonds. The molecule has 100 valence electrons. The number of hydrogen-bond donors (Lipinski definition) is 2. The second-order valence-electron chi connectivity index (χ2n) is 4.82. The predicted molar refractivity (Wildman–Crippen MR) is 76.9 cm³/mol. The molecule has 18 heavy (non-hydrogen) atoms. The van der Waals surface area contributed by atoms with E-state index in [0.717, 1.165) is 25.2 Å². The van der Waals surface area contributed by atoms with Gasteiger partial charge in [0, 0.05) is 18.7 Å². The number of nitrogens with one attached hydrogen (secondary N) is 2. The van der Waals surface area contributed by atoms with E-state index in [4.69, 9.17) is 0 Å². The van der Waals surface area contributed by atoms with Gasteiger partial charge in [-0.2, -0.15) is 0 Å². The normalized spacial score (nSPS) is 10.7. The number of anilines is 1. The molecule has 0 saturated heterocycles. The molecule has 0 saturated carbocycles. The van der Waals surface area contributed by atoms with Crippen LogP contribution in [0.2, 0.25) is 0 Å². The molecule has 0 fully saturated rings. The highest BCUT2D eigenvalue weighted by atomic mass is 16.1. The average Bonchev–Trinajstić information content (AvgIpc) is 2.35. The Labute approximate surface area is 110 Å². The third-order valence-electron chi connectivity index (χ3n) is 2.82. The van der Waals surface area contributed by atoms with Gasteiger partial charge in [-0.3, -0.25) is 4.79 Å². The Morgan fingerprint density at radius 1 is 1.17 bits per heavy atom. The molecular formula is C15H24N2O. The maximum Gasteiger partial charge on any atom is 0.225 e. The Morgan fingerprint density at radius 3 is 2.39 bits per heavy atom. The lowest BCUT2D eigenvalue weighted by molar-refractivity contribution is -0.116. The highest BCUT2D eigenvalue weighted by Gasteiger charge is 2.03. The van der Waals surface area contributed by atoms with Crippen molar-refractivity contribution in [2.45, 2.75) is 39.5 Å². The van der Waals surface area contributed by atoms with Crippen LogP contribution in [-0.2, 0) is 4.79 Å². The van der Waals surface area contributed by atoms with E-state index >= 15 is 0 Å². The van der Waals surface area contributed by atoms with Crippen LogP contribution in [-0.4, -0.2) is 19.0 Å². The van der Waals surface area contributed by atoms with Crippen LogP contribution in [0.25, 0.3) is 0 Å². The van der Waals surface area contributed by atoms with Crippen LogP contribution in [0.1, 0.15) is 45.1 Å². The SMILES string of the molecule is CCCNCCC(=O)Nc1ccc(C(C)C)cc1. The molecule has 1 rings (SSSR count). The third-order valence-corrected chi connectivity index (χ3v) is 2.82. The number of carbonyl (C=O) groups excluding carboxylic acids is 1. The molecule has 0 bridgehead atoms. The van der Waals surface area contributed by atoms with Crippen molar-refractivity contribution >= 4 is 11.6 Å². The fraction of sp³-hybridized carbons (Fsp3) is 0.533. The second kappa shape index (κ2) is 7.88. The minimum absolute atomic E-state index is 0.0656. The summed E-state index contributed by atoms with van der Waals surface area (Å²) in [6, 6.07) is 8.06. The summed E-state index contributed by atoms with van der Waals surface area (Å²) in [6.45, 7) is 8.14. The highest BCUT2D eigenvalue weighted by molar-refractivity contribution is 5.90. The Bertz CT molecular complexity index is 357. The van der Waals surface area contributed by atoms with E-state index < -0.39 is 0 Å². The van der Waals surface area contributed by atoms with Crippen LogP contribution in [0.3, 0.4) is 0 Å². The molecule has 3 nitrogen and oxygen atoms in total. The van der Waals surface area contributed by atoms with E-state index in [1.807, 2.05) is 12.1 Å². The summed E-state index contributed by atoms with van der Waals surface area (Å²) in [5.74, 6) is 0.587. The number of amides is 1. The van der Waals surface area contributed by atoms with Gasteiger partial charge in [0.2, 0.25) is 5.91 Å². The molecule has 0 aromatic heterocycles. The zero-order chi connectivity index (χ0) is 13.4. The summed E-state index contributed by atoms with van der Waals surface area (Å²) in [4.78, 5) is 11.6. The van der Waals surface area contributed by atoms with Gasteiger partial charge in [-0.1, -0.05) is 32.9 Å². The number of carbonyl (C=O) groups is 1. The van der Waals surface area contributed by atoms with Gasteiger partial charge in [0.05, 0.1) is 0 Å². The molecule has 0 spiro atoms. The average molecular weight is 248 g/mol. The standard InChI is InChI=1S/C15H24N2O/c1-4-10-16-11-9-15(18)17-14-7-5-13(6-8-14)12(2)3/h5-8,12,16H,4,9-11H2,1-3H3,(H,17,18). The lowest BCUT2D eigenvalue weighted by Gasteiger charge is -2.08. The maximum absolute atomic E-state index is 11.6. The van der Waals surface area contributed by atoms with E-state index in [1.165, 1.54) is 5.56 Å². The topological polar surface area (TPSA) is 41.1 Å². The van der Waals surface area contributed by atoms with E-state index in [2.05, 4.69) is 43.5 Å². The van der Waals surface area contributed by atoms with Crippen LogP contribution in [0.5, 0.6) is 0 Å². The lowest BCUT2D eigenvalue weighted by atomic mass is 10.0. The van der Waals surface area contributed by atoms with Crippen LogP contribution < -0.4 is 10.6 Å². The minimum Gasteiger partial charge on any atom is -0.326 e. The molecular weight excluding hydrogens is 224 g/mol. The second-order valence-corrected chi connectivity index (χ2v) is 4.82.